The van der Waals surface area contributed by atoms with Gasteiger partial charge in [0.15, 0.2) is 0 Å². The minimum Gasteiger partial charge on any atom is -0.359 e. The van der Waals surface area contributed by atoms with Crippen molar-refractivity contribution in [3.05, 3.63) is 0 Å². The predicted octanol–water partition coefficient (Wildman–Crippen LogP) is 0.871. The van der Waals surface area contributed by atoms with Gasteiger partial charge < -0.3 is 5.32 Å². The van der Waals surface area contributed by atoms with Gasteiger partial charge in [0, 0.05) is 13.0 Å². The van der Waals surface area contributed by atoms with Crippen molar-refractivity contribution < 1.29 is 9.18 Å². The van der Waals surface area contributed by atoms with Crippen LogP contribution in [0, 0.1) is 5.92 Å². The lowest BCUT2D eigenvalue weighted by Crippen LogP contribution is -2.25. The third-order valence-corrected chi connectivity index (χ3v) is 1.99. The molecule has 1 saturated carbocycles. The molecule has 0 aliphatic heterocycles. The molecule has 0 aromatic heterocycles. The van der Waals surface area contributed by atoms with E-state index in [-0.39, 0.29) is 11.8 Å². The summed E-state index contributed by atoms with van der Waals surface area (Å²) in [7, 11) is 1.59. The van der Waals surface area contributed by atoms with Crippen molar-refractivity contribution in [1.29, 1.82) is 0 Å². The normalized spacial score (nSPS) is 32.2. The number of nitrogens with one attached hydrogen (secondary N) is 1. The lowest BCUT2D eigenvalue weighted by atomic mass is 10.1. The van der Waals surface area contributed by atoms with Crippen LogP contribution in [0.4, 0.5) is 4.39 Å². The SMILES string of the molecule is CNC(=O)C1CCC(F)C1. The fourth-order valence-corrected chi connectivity index (χ4v) is 1.37. The van der Waals surface area contributed by atoms with E-state index in [9.17, 15) is 9.18 Å². The summed E-state index contributed by atoms with van der Waals surface area (Å²) >= 11 is 0. The quantitative estimate of drug-likeness (QED) is 0.582. The molecule has 0 radical (unpaired) electrons. The van der Waals surface area contributed by atoms with E-state index in [0.29, 0.717) is 19.3 Å². The lowest BCUT2D eigenvalue weighted by Gasteiger charge is -2.04. The van der Waals surface area contributed by atoms with Crippen LogP contribution in [-0.2, 0) is 4.79 Å². The van der Waals surface area contributed by atoms with E-state index < -0.39 is 6.17 Å². The number of halogens is 1. The molecular weight excluding hydrogens is 133 g/mol. The van der Waals surface area contributed by atoms with Crippen LogP contribution < -0.4 is 5.32 Å². The Balaban J connectivity index is 2.37. The zero-order chi connectivity index (χ0) is 7.56. The Morgan fingerprint density at radius 3 is 2.70 bits per heavy atom. The van der Waals surface area contributed by atoms with Gasteiger partial charge in [-0.15, -0.1) is 0 Å². The van der Waals surface area contributed by atoms with E-state index in [4.69, 9.17) is 0 Å². The molecule has 0 aromatic rings. The van der Waals surface area contributed by atoms with Crippen molar-refractivity contribution in [1.82, 2.24) is 5.32 Å². The van der Waals surface area contributed by atoms with Gasteiger partial charge in [0.2, 0.25) is 5.91 Å². The largest absolute Gasteiger partial charge is 0.359 e. The fraction of sp³-hybridized carbons (Fsp3) is 0.857. The van der Waals surface area contributed by atoms with Crippen LogP contribution in [0.15, 0.2) is 0 Å². The van der Waals surface area contributed by atoms with E-state index in [1.807, 2.05) is 0 Å². The molecule has 1 rings (SSSR count). The van der Waals surface area contributed by atoms with Crippen molar-refractivity contribution >= 4 is 5.91 Å². The molecule has 0 aromatic carbocycles. The standard InChI is InChI=1S/C7H12FNO/c1-9-7(10)5-2-3-6(8)4-5/h5-6H,2-4H2,1H3,(H,9,10). The zero-order valence-corrected chi connectivity index (χ0v) is 6.06. The fourth-order valence-electron chi connectivity index (χ4n) is 1.37. The van der Waals surface area contributed by atoms with Gasteiger partial charge in [-0.2, -0.15) is 0 Å². The minimum absolute atomic E-state index is 0.0137. The Kier molecular flexibility index (Phi) is 2.25. The summed E-state index contributed by atoms with van der Waals surface area (Å²) in [5.41, 5.74) is 0. The number of carbonyl (C=O) groups is 1. The smallest absolute Gasteiger partial charge is 0.222 e. The second-order valence-electron chi connectivity index (χ2n) is 2.72. The van der Waals surface area contributed by atoms with Gasteiger partial charge in [0.05, 0.1) is 0 Å². The van der Waals surface area contributed by atoms with Crippen LogP contribution in [0.3, 0.4) is 0 Å². The maximum Gasteiger partial charge on any atom is 0.222 e. The Morgan fingerprint density at radius 1 is 1.60 bits per heavy atom. The van der Waals surface area contributed by atoms with E-state index in [2.05, 4.69) is 5.32 Å². The molecule has 1 aliphatic carbocycles. The van der Waals surface area contributed by atoms with Crippen LogP contribution in [-0.4, -0.2) is 19.1 Å². The second-order valence-corrected chi connectivity index (χ2v) is 2.72. The lowest BCUT2D eigenvalue weighted by molar-refractivity contribution is -0.124. The van der Waals surface area contributed by atoms with Crippen LogP contribution >= 0.6 is 0 Å². The number of carbonyl (C=O) groups excluding carboxylic acids is 1. The molecule has 1 aliphatic rings. The molecule has 1 N–H and O–H groups in total. The van der Waals surface area contributed by atoms with E-state index in [1.54, 1.807) is 7.05 Å². The van der Waals surface area contributed by atoms with Crippen molar-refractivity contribution in [2.24, 2.45) is 5.92 Å². The average molecular weight is 145 g/mol. The molecule has 0 spiro atoms. The van der Waals surface area contributed by atoms with Gasteiger partial charge in [0.25, 0.3) is 0 Å². The molecule has 2 atom stereocenters. The number of hydrogen-bond donors (Lipinski definition) is 1. The van der Waals surface area contributed by atoms with Crippen molar-refractivity contribution in [2.45, 2.75) is 25.4 Å². The first-order chi connectivity index (χ1) is 4.74. The maximum absolute atomic E-state index is 12.5. The van der Waals surface area contributed by atoms with E-state index >= 15 is 0 Å². The number of amides is 1. The molecule has 0 heterocycles. The predicted molar refractivity (Wildman–Crippen MR) is 36.3 cm³/mol. The molecule has 1 amide bonds. The van der Waals surface area contributed by atoms with Gasteiger partial charge >= 0.3 is 0 Å². The van der Waals surface area contributed by atoms with Crippen LogP contribution in [0.1, 0.15) is 19.3 Å². The van der Waals surface area contributed by atoms with Crippen molar-refractivity contribution in [3.63, 3.8) is 0 Å². The highest BCUT2D eigenvalue weighted by Crippen LogP contribution is 2.27. The summed E-state index contributed by atoms with van der Waals surface area (Å²) in [6, 6.07) is 0. The molecule has 2 unspecified atom stereocenters. The summed E-state index contributed by atoms with van der Waals surface area (Å²) in [5, 5.41) is 2.52. The first-order valence-corrected chi connectivity index (χ1v) is 3.59. The molecule has 10 heavy (non-hydrogen) atoms. The Labute approximate surface area is 59.8 Å². The van der Waals surface area contributed by atoms with Crippen LogP contribution in [0.2, 0.25) is 0 Å². The third kappa shape index (κ3) is 1.46. The second kappa shape index (κ2) is 2.99. The Bertz CT molecular complexity index is 138. The minimum atomic E-state index is -0.748. The van der Waals surface area contributed by atoms with E-state index in [0.717, 1.165) is 0 Å². The number of hydrogen-bond acceptors (Lipinski definition) is 1. The molecule has 0 bridgehead atoms. The highest BCUT2D eigenvalue weighted by Gasteiger charge is 2.28. The van der Waals surface area contributed by atoms with Crippen LogP contribution in [0.25, 0.3) is 0 Å². The molecule has 58 valence electrons. The maximum atomic E-state index is 12.5. The highest BCUT2D eigenvalue weighted by molar-refractivity contribution is 5.78. The molecule has 3 heteroatoms. The van der Waals surface area contributed by atoms with E-state index in [1.165, 1.54) is 0 Å². The van der Waals surface area contributed by atoms with Gasteiger partial charge in [-0.25, -0.2) is 4.39 Å². The number of rotatable bonds is 1. The van der Waals surface area contributed by atoms with Crippen molar-refractivity contribution in [2.75, 3.05) is 7.05 Å². The topological polar surface area (TPSA) is 29.1 Å². The van der Waals surface area contributed by atoms with Gasteiger partial charge in [-0.1, -0.05) is 0 Å². The van der Waals surface area contributed by atoms with Gasteiger partial charge in [-0.3, -0.25) is 4.79 Å². The Hall–Kier alpha value is -0.600. The first-order valence-electron chi connectivity index (χ1n) is 3.59. The summed E-state index contributed by atoms with van der Waals surface area (Å²) in [6.07, 6.45) is 0.931. The first kappa shape index (κ1) is 7.51. The zero-order valence-electron chi connectivity index (χ0n) is 6.06. The number of alkyl halides is 1. The Morgan fingerprint density at radius 2 is 2.30 bits per heavy atom. The van der Waals surface area contributed by atoms with Crippen molar-refractivity contribution in [3.8, 4) is 0 Å². The summed E-state index contributed by atoms with van der Waals surface area (Å²) in [6.45, 7) is 0. The van der Waals surface area contributed by atoms with Gasteiger partial charge in [0.1, 0.15) is 6.17 Å². The summed E-state index contributed by atoms with van der Waals surface area (Å²) in [4.78, 5) is 10.9. The molecule has 0 saturated heterocycles. The van der Waals surface area contributed by atoms with Gasteiger partial charge in [-0.05, 0) is 19.3 Å². The van der Waals surface area contributed by atoms with Crippen LogP contribution in [0.5, 0.6) is 0 Å². The monoisotopic (exact) mass is 145 g/mol. The highest BCUT2D eigenvalue weighted by atomic mass is 19.1. The average Bonchev–Trinajstić information content (AvgIpc) is 2.34. The molecule has 2 nitrogen and oxygen atoms in total. The third-order valence-electron chi connectivity index (χ3n) is 1.99. The summed E-state index contributed by atoms with van der Waals surface area (Å²) in [5.74, 6) is -0.0832. The molecular formula is C7H12FNO. The molecule has 1 fully saturated rings. The summed E-state index contributed by atoms with van der Waals surface area (Å²) < 4.78 is 12.5.